The molecule has 1 atom stereocenters. The minimum Gasteiger partial charge on any atom is -0.453 e. The number of fused-ring (bicyclic) bond motifs is 1. The van der Waals surface area contributed by atoms with Crippen molar-refractivity contribution in [1.29, 1.82) is 0 Å². The second-order valence-corrected chi connectivity index (χ2v) is 6.87. The van der Waals surface area contributed by atoms with Crippen LogP contribution in [0.3, 0.4) is 0 Å². The summed E-state index contributed by atoms with van der Waals surface area (Å²) in [7, 11) is 0. The second-order valence-electron chi connectivity index (χ2n) is 6.43. The van der Waals surface area contributed by atoms with Crippen molar-refractivity contribution < 1.29 is 19.1 Å². The Balaban J connectivity index is 1.51. The van der Waals surface area contributed by atoms with E-state index in [-0.39, 0.29) is 24.5 Å². The third-order valence-corrected chi connectivity index (χ3v) is 4.78. The number of carbonyl (C=O) groups is 3. The molecule has 0 saturated heterocycles. The van der Waals surface area contributed by atoms with Gasteiger partial charge in [-0.05, 0) is 49.2 Å². The summed E-state index contributed by atoms with van der Waals surface area (Å²) in [6, 6.07) is 14.2. The fourth-order valence-electron chi connectivity index (χ4n) is 3.09. The van der Waals surface area contributed by atoms with Crippen LogP contribution in [0.5, 0.6) is 0 Å². The number of hydrogen-bond acceptors (Lipinski definition) is 4. The summed E-state index contributed by atoms with van der Waals surface area (Å²) < 4.78 is 5.24. The maximum absolute atomic E-state index is 12.6. The van der Waals surface area contributed by atoms with Gasteiger partial charge in [0.25, 0.3) is 5.91 Å². The van der Waals surface area contributed by atoms with Crippen LogP contribution in [0.2, 0.25) is 5.02 Å². The number of ether oxygens (including phenoxy) is 1. The van der Waals surface area contributed by atoms with E-state index in [1.807, 2.05) is 24.3 Å². The van der Waals surface area contributed by atoms with Crippen LogP contribution in [0.1, 0.15) is 35.7 Å². The van der Waals surface area contributed by atoms with Gasteiger partial charge in [0.2, 0.25) is 0 Å². The highest BCUT2D eigenvalue weighted by Gasteiger charge is 2.29. The molecule has 2 aromatic rings. The third kappa shape index (κ3) is 4.55. The predicted molar refractivity (Wildman–Crippen MR) is 103 cm³/mol. The molecular formula is C21H20ClNO4. The average Bonchev–Trinajstić information content (AvgIpc) is 3.10. The van der Waals surface area contributed by atoms with Crippen molar-refractivity contribution in [2.24, 2.45) is 0 Å². The molecule has 0 saturated carbocycles. The molecule has 0 radical (unpaired) electrons. The molecular weight excluding hydrogens is 366 g/mol. The SMILES string of the molecule is C[C@H](OC(=O)CCC(=O)c1ccc(Cl)cc1)C(=O)N1CCc2ccccc21. The number of nitrogens with zero attached hydrogens (tertiary/aromatic N) is 1. The van der Waals surface area contributed by atoms with E-state index in [0.717, 1.165) is 17.7 Å². The molecule has 0 bridgehead atoms. The van der Waals surface area contributed by atoms with Gasteiger partial charge in [-0.3, -0.25) is 14.4 Å². The molecule has 1 aliphatic heterocycles. The highest BCUT2D eigenvalue weighted by Crippen LogP contribution is 2.28. The lowest BCUT2D eigenvalue weighted by Gasteiger charge is -2.21. The van der Waals surface area contributed by atoms with Gasteiger partial charge in [0.05, 0.1) is 6.42 Å². The highest BCUT2D eigenvalue weighted by atomic mass is 35.5. The van der Waals surface area contributed by atoms with Crippen LogP contribution in [0.25, 0.3) is 0 Å². The highest BCUT2D eigenvalue weighted by molar-refractivity contribution is 6.30. The van der Waals surface area contributed by atoms with E-state index in [1.54, 1.807) is 36.1 Å². The Bertz CT molecular complexity index is 863. The van der Waals surface area contributed by atoms with E-state index in [2.05, 4.69) is 0 Å². The first kappa shape index (κ1) is 19.1. The quantitative estimate of drug-likeness (QED) is 0.560. The Morgan fingerprint density at radius 1 is 1.07 bits per heavy atom. The standard InChI is InChI=1S/C21H20ClNO4/c1-14(21(26)23-13-12-15-4-2-3-5-18(15)23)27-20(25)11-10-19(24)16-6-8-17(22)9-7-16/h2-9,14H,10-13H2,1H3/t14-/m0/s1. The molecule has 6 heteroatoms. The van der Waals surface area contributed by atoms with Gasteiger partial charge in [-0.15, -0.1) is 0 Å². The summed E-state index contributed by atoms with van der Waals surface area (Å²) in [6.45, 7) is 2.14. The molecule has 1 aliphatic rings. The Kier molecular flexibility index (Phi) is 5.91. The minimum atomic E-state index is -0.894. The molecule has 0 fully saturated rings. The van der Waals surface area contributed by atoms with Gasteiger partial charge < -0.3 is 9.64 Å². The molecule has 2 aromatic carbocycles. The van der Waals surface area contributed by atoms with Crippen LogP contribution in [0, 0.1) is 0 Å². The summed E-state index contributed by atoms with van der Waals surface area (Å²) in [5.41, 5.74) is 2.46. The van der Waals surface area contributed by atoms with Gasteiger partial charge in [0.1, 0.15) is 0 Å². The molecule has 0 spiro atoms. The van der Waals surface area contributed by atoms with E-state index >= 15 is 0 Å². The largest absolute Gasteiger partial charge is 0.453 e. The molecule has 0 N–H and O–H groups in total. The Morgan fingerprint density at radius 2 is 1.78 bits per heavy atom. The zero-order valence-corrected chi connectivity index (χ0v) is 15.7. The summed E-state index contributed by atoms with van der Waals surface area (Å²) in [5, 5.41) is 0.543. The normalized spacial score (nSPS) is 13.8. The zero-order chi connectivity index (χ0) is 19.4. The number of para-hydroxylation sites is 1. The fraction of sp³-hybridized carbons (Fsp3) is 0.286. The van der Waals surface area contributed by atoms with Crippen LogP contribution in [-0.4, -0.2) is 30.3 Å². The first-order valence-electron chi connectivity index (χ1n) is 8.83. The van der Waals surface area contributed by atoms with Crippen molar-refractivity contribution in [3.63, 3.8) is 0 Å². The number of amides is 1. The lowest BCUT2D eigenvalue weighted by atomic mass is 10.1. The topological polar surface area (TPSA) is 63.7 Å². The maximum atomic E-state index is 12.6. The Hall–Kier alpha value is -2.66. The first-order chi connectivity index (χ1) is 13.0. The van der Waals surface area contributed by atoms with Gasteiger partial charge in [-0.1, -0.05) is 29.8 Å². The Labute approximate surface area is 162 Å². The average molecular weight is 386 g/mol. The molecule has 1 amide bonds. The summed E-state index contributed by atoms with van der Waals surface area (Å²) in [4.78, 5) is 38.4. The van der Waals surface area contributed by atoms with E-state index < -0.39 is 12.1 Å². The number of halogens is 1. The minimum absolute atomic E-state index is 0.0217. The first-order valence-corrected chi connectivity index (χ1v) is 9.21. The van der Waals surface area contributed by atoms with Crippen molar-refractivity contribution in [3.05, 3.63) is 64.7 Å². The monoisotopic (exact) mass is 385 g/mol. The van der Waals surface area contributed by atoms with Crippen molar-refractivity contribution in [2.45, 2.75) is 32.3 Å². The third-order valence-electron chi connectivity index (χ3n) is 4.53. The number of Topliss-reactive ketones (excluding diaryl/α,β-unsaturated/α-hetero) is 1. The zero-order valence-electron chi connectivity index (χ0n) is 15.0. The summed E-state index contributed by atoms with van der Waals surface area (Å²) in [5.74, 6) is -0.987. The number of ketones is 1. The van der Waals surface area contributed by atoms with Crippen molar-refractivity contribution in [3.8, 4) is 0 Å². The van der Waals surface area contributed by atoms with Crippen molar-refractivity contribution in [2.75, 3.05) is 11.4 Å². The van der Waals surface area contributed by atoms with Crippen molar-refractivity contribution in [1.82, 2.24) is 0 Å². The smallest absolute Gasteiger partial charge is 0.307 e. The van der Waals surface area contributed by atoms with Gasteiger partial charge in [-0.2, -0.15) is 0 Å². The molecule has 140 valence electrons. The molecule has 0 aliphatic carbocycles. The molecule has 3 rings (SSSR count). The Morgan fingerprint density at radius 3 is 2.52 bits per heavy atom. The molecule has 0 aromatic heterocycles. The summed E-state index contributed by atoms with van der Waals surface area (Å²) in [6.07, 6.45) is -0.156. The van der Waals surface area contributed by atoms with Crippen molar-refractivity contribution >= 4 is 34.9 Å². The fourth-order valence-corrected chi connectivity index (χ4v) is 3.21. The van der Waals surface area contributed by atoms with Gasteiger partial charge in [0, 0.05) is 29.2 Å². The maximum Gasteiger partial charge on any atom is 0.307 e. The number of rotatable bonds is 6. The van der Waals surface area contributed by atoms with Crippen LogP contribution >= 0.6 is 11.6 Å². The van der Waals surface area contributed by atoms with Crippen LogP contribution in [0.15, 0.2) is 48.5 Å². The van der Waals surface area contributed by atoms with Gasteiger partial charge in [-0.25, -0.2) is 0 Å². The van der Waals surface area contributed by atoms with E-state index in [4.69, 9.17) is 16.3 Å². The molecule has 0 unspecified atom stereocenters. The summed E-state index contributed by atoms with van der Waals surface area (Å²) >= 11 is 5.79. The number of esters is 1. The van der Waals surface area contributed by atoms with E-state index in [1.165, 1.54) is 0 Å². The van der Waals surface area contributed by atoms with Gasteiger partial charge >= 0.3 is 5.97 Å². The lowest BCUT2D eigenvalue weighted by molar-refractivity contribution is -0.153. The van der Waals surface area contributed by atoms with E-state index in [0.29, 0.717) is 17.1 Å². The molecule has 27 heavy (non-hydrogen) atoms. The molecule has 5 nitrogen and oxygen atoms in total. The second kappa shape index (κ2) is 8.35. The van der Waals surface area contributed by atoms with Crippen LogP contribution < -0.4 is 4.90 Å². The lowest BCUT2D eigenvalue weighted by Crippen LogP contribution is -2.39. The number of carbonyl (C=O) groups excluding carboxylic acids is 3. The predicted octanol–water partition coefficient (Wildman–Crippen LogP) is 3.82. The van der Waals surface area contributed by atoms with Crippen LogP contribution in [0.4, 0.5) is 5.69 Å². The van der Waals surface area contributed by atoms with E-state index in [9.17, 15) is 14.4 Å². The van der Waals surface area contributed by atoms with Gasteiger partial charge in [0.15, 0.2) is 11.9 Å². The molecule has 1 heterocycles. The number of anilines is 1. The number of benzene rings is 2. The van der Waals surface area contributed by atoms with Crippen LogP contribution in [-0.2, 0) is 20.7 Å². The number of hydrogen-bond donors (Lipinski definition) is 0.